The molecule has 3 nitrogen and oxygen atoms in total. The Morgan fingerprint density at radius 3 is 3.00 bits per heavy atom. The summed E-state index contributed by atoms with van der Waals surface area (Å²) in [6.07, 6.45) is 7.37. The fraction of sp³-hybridized carbons (Fsp3) is 0.429. The van der Waals surface area contributed by atoms with E-state index in [9.17, 15) is 4.79 Å². The molecule has 3 heteroatoms. The molecule has 1 aromatic rings. The number of hydrogen-bond acceptors (Lipinski definition) is 1. The molecule has 0 radical (unpaired) electrons. The Morgan fingerprint density at radius 1 is 1.70 bits per heavy atom. The van der Waals surface area contributed by atoms with E-state index in [1.807, 2.05) is 34.9 Å². The number of aldehydes is 1. The topological polar surface area (TPSA) is 25.9 Å². The SMILES string of the molecule is Cn1cc[n+](CCC=O)c1. The van der Waals surface area contributed by atoms with Crippen molar-refractivity contribution >= 4 is 6.29 Å². The smallest absolute Gasteiger partial charge is 0.243 e. The van der Waals surface area contributed by atoms with Gasteiger partial charge >= 0.3 is 0 Å². The zero-order valence-electron chi connectivity index (χ0n) is 6.03. The molecule has 1 aromatic heterocycles. The number of aryl methyl sites for hydroxylation is 2. The van der Waals surface area contributed by atoms with E-state index >= 15 is 0 Å². The molecule has 0 aliphatic heterocycles. The molecule has 0 fully saturated rings. The van der Waals surface area contributed by atoms with Gasteiger partial charge in [0.1, 0.15) is 18.7 Å². The first-order valence-electron chi connectivity index (χ1n) is 3.27. The average molecular weight is 139 g/mol. The predicted octanol–water partition coefficient (Wildman–Crippen LogP) is -0.0984. The lowest BCUT2D eigenvalue weighted by Crippen LogP contribution is -2.30. The van der Waals surface area contributed by atoms with Crippen molar-refractivity contribution in [2.24, 2.45) is 7.05 Å². The highest BCUT2D eigenvalue weighted by molar-refractivity contribution is 5.48. The van der Waals surface area contributed by atoms with Gasteiger partial charge in [0.2, 0.25) is 6.33 Å². The molecule has 0 saturated carbocycles. The zero-order valence-corrected chi connectivity index (χ0v) is 6.03. The minimum atomic E-state index is 0.592. The molecule has 0 aliphatic carbocycles. The number of aromatic nitrogens is 2. The van der Waals surface area contributed by atoms with Gasteiger partial charge in [-0.25, -0.2) is 9.13 Å². The summed E-state index contributed by atoms with van der Waals surface area (Å²) in [7, 11) is 1.96. The maximum absolute atomic E-state index is 9.96. The van der Waals surface area contributed by atoms with Crippen molar-refractivity contribution in [1.29, 1.82) is 0 Å². The van der Waals surface area contributed by atoms with Crippen molar-refractivity contribution in [3.8, 4) is 0 Å². The second-order valence-corrected chi connectivity index (χ2v) is 2.27. The van der Waals surface area contributed by atoms with Gasteiger partial charge in [0.25, 0.3) is 0 Å². The molecule has 0 bridgehead atoms. The van der Waals surface area contributed by atoms with E-state index in [2.05, 4.69) is 0 Å². The van der Waals surface area contributed by atoms with Gasteiger partial charge in [0, 0.05) is 6.42 Å². The molecule has 0 unspecified atom stereocenters. The molecular weight excluding hydrogens is 128 g/mol. The first kappa shape index (κ1) is 6.99. The Morgan fingerprint density at radius 2 is 2.50 bits per heavy atom. The third-order valence-electron chi connectivity index (χ3n) is 1.33. The number of rotatable bonds is 3. The van der Waals surface area contributed by atoms with Crippen LogP contribution in [0.25, 0.3) is 0 Å². The highest BCUT2D eigenvalue weighted by Crippen LogP contribution is 1.78. The first-order valence-corrected chi connectivity index (χ1v) is 3.27. The average Bonchev–Trinajstić information content (AvgIpc) is 2.31. The van der Waals surface area contributed by atoms with Gasteiger partial charge in [-0.2, -0.15) is 0 Å². The van der Waals surface area contributed by atoms with Crippen LogP contribution in [0.3, 0.4) is 0 Å². The van der Waals surface area contributed by atoms with Gasteiger partial charge < -0.3 is 4.79 Å². The lowest BCUT2D eigenvalue weighted by molar-refractivity contribution is -0.695. The maximum atomic E-state index is 9.96. The summed E-state index contributed by atoms with van der Waals surface area (Å²) in [5.74, 6) is 0. The molecule has 0 atom stereocenters. The Balaban J connectivity index is 2.49. The Bertz CT molecular complexity index is 217. The number of hydrogen-bond donors (Lipinski definition) is 0. The van der Waals surface area contributed by atoms with Crippen LogP contribution in [-0.2, 0) is 18.4 Å². The van der Waals surface area contributed by atoms with E-state index in [-0.39, 0.29) is 0 Å². The van der Waals surface area contributed by atoms with E-state index in [1.165, 1.54) is 0 Å². The van der Waals surface area contributed by atoms with Crippen LogP contribution in [0, 0.1) is 0 Å². The summed E-state index contributed by atoms with van der Waals surface area (Å²) in [5.41, 5.74) is 0. The third-order valence-corrected chi connectivity index (χ3v) is 1.33. The molecular formula is C7H11N2O+. The number of carbonyl (C=O) groups is 1. The minimum absolute atomic E-state index is 0.592. The molecule has 0 aliphatic rings. The maximum Gasteiger partial charge on any atom is 0.243 e. The first-order chi connectivity index (χ1) is 4.83. The Hall–Kier alpha value is -1.12. The van der Waals surface area contributed by atoms with Crippen molar-refractivity contribution in [3.63, 3.8) is 0 Å². The fourth-order valence-electron chi connectivity index (χ4n) is 0.836. The van der Waals surface area contributed by atoms with Crippen molar-refractivity contribution in [1.82, 2.24) is 4.57 Å². The quantitative estimate of drug-likeness (QED) is 0.424. The van der Waals surface area contributed by atoms with Crippen LogP contribution in [0.1, 0.15) is 6.42 Å². The van der Waals surface area contributed by atoms with Gasteiger partial charge in [-0.3, -0.25) is 0 Å². The third kappa shape index (κ3) is 1.69. The fourth-order valence-corrected chi connectivity index (χ4v) is 0.836. The predicted molar refractivity (Wildman–Crippen MR) is 36.3 cm³/mol. The van der Waals surface area contributed by atoms with Crippen LogP contribution in [-0.4, -0.2) is 10.9 Å². The molecule has 0 N–H and O–H groups in total. The molecule has 0 spiro atoms. The number of nitrogens with zero attached hydrogens (tertiary/aromatic N) is 2. The van der Waals surface area contributed by atoms with Crippen LogP contribution >= 0.6 is 0 Å². The zero-order chi connectivity index (χ0) is 7.40. The second-order valence-electron chi connectivity index (χ2n) is 2.27. The van der Waals surface area contributed by atoms with Crippen molar-refractivity contribution in [2.45, 2.75) is 13.0 Å². The van der Waals surface area contributed by atoms with E-state index < -0.39 is 0 Å². The van der Waals surface area contributed by atoms with Gasteiger partial charge in [-0.15, -0.1) is 0 Å². The van der Waals surface area contributed by atoms with Gasteiger partial charge in [-0.05, 0) is 0 Å². The van der Waals surface area contributed by atoms with E-state index in [1.54, 1.807) is 0 Å². The van der Waals surface area contributed by atoms with Gasteiger partial charge in [0.05, 0.1) is 13.6 Å². The summed E-state index contributed by atoms with van der Waals surface area (Å²) >= 11 is 0. The largest absolute Gasteiger partial charge is 0.303 e. The van der Waals surface area contributed by atoms with E-state index in [0.717, 1.165) is 12.8 Å². The minimum Gasteiger partial charge on any atom is -0.303 e. The molecule has 0 amide bonds. The molecule has 54 valence electrons. The summed E-state index contributed by atoms with van der Waals surface area (Å²) in [6.45, 7) is 0.782. The van der Waals surface area contributed by atoms with Crippen LogP contribution in [0.5, 0.6) is 0 Å². The highest BCUT2D eigenvalue weighted by Gasteiger charge is 1.96. The number of carbonyl (C=O) groups excluding carboxylic acids is 1. The summed E-state index contributed by atoms with van der Waals surface area (Å²) in [5, 5.41) is 0. The standard InChI is InChI=1S/C7H11N2O/c1-8-4-5-9(7-8)3-2-6-10/h4-7H,2-3H2,1H3/q+1. The van der Waals surface area contributed by atoms with Crippen LogP contribution in [0.2, 0.25) is 0 Å². The van der Waals surface area contributed by atoms with Crippen molar-refractivity contribution in [2.75, 3.05) is 0 Å². The van der Waals surface area contributed by atoms with Crippen molar-refractivity contribution in [3.05, 3.63) is 18.7 Å². The molecule has 1 rings (SSSR count). The molecule has 0 saturated heterocycles. The lowest BCUT2D eigenvalue weighted by Gasteiger charge is -1.86. The van der Waals surface area contributed by atoms with Crippen LogP contribution < -0.4 is 4.57 Å². The normalized spacial score (nSPS) is 9.70. The monoisotopic (exact) mass is 139 g/mol. The van der Waals surface area contributed by atoms with E-state index in [0.29, 0.717) is 6.42 Å². The molecule has 1 heterocycles. The van der Waals surface area contributed by atoms with E-state index in [4.69, 9.17) is 0 Å². The van der Waals surface area contributed by atoms with Gasteiger partial charge in [0.15, 0.2) is 0 Å². The molecule has 10 heavy (non-hydrogen) atoms. The highest BCUT2D eigenvalue weighted by atomic mass is 16.1. The number of imidazole rings is 1. The van der Waals surface area contributed by atoms with Gasteiger partial charge in [-0.1, -0.05) is 0 Å². The Labute approximate surface area is 59.9 Å². The lowest BCUT2D eigenvalue weighted by atomic mass is 10.5. The summed E-state index contributed by atoms with van der Waals surface area (Å²) in [6, 6.07) is 0. The van der Waals surface area contributed by atoms with Crippen LogP contribution in [0.15, 0.2) is 18.7 Å². The summed E-state index contributed by atoms with van der Waals surface area (Å²) < 4.78 is 3.93. The molecule has 0 aromatic carbocycles. The Kier molecular flexibility index (Phi) is 2.20. The van der Waals surface area contributed by atoms with Crippen molar-refractivity contribution < 1.29 is 9.36 Å². The second kappa shape index (κ2) is 3.15. The van der Waals surface area contributed by atoms with Crippen LogP contribution in [0.4, 0.5) is 0 Å². The summed E-state index contributed by atoms with van der Waals surface area (Å²) in [4.78, 5) is 9.96.